The quantitative estimate of drug-likeness (QED) is 0.599. The lowest BCUT2D eigenvalue weighted by Gasteiger charge is -2.00. The van der Waals surface area contributed by atoms with Gasteiger partial charge in [-0.2, -0.15) is 0 Å². The smallest absolute Gasteiger partial charge is 0.0151 e. The molecular formula is C11H22S. The van der Waals surface area contributed by atoms with Gasteiger partial charge in [0.1, 0.15) is 0 Å². The molecule has 12 heavy (non-hydrogen) atoms. The minimum atomic E-state index is 1.12. The summed E-state index contributed by atoms with van der Waals surface area (Å²) in [6.07, 6.45) is 4.51. The Morgan fingerprint density at radius 1 is 1.33 bits per heavy atom. The van der Waals surface area contributed by atoms with Gasteiger partial charge in [-0.15, -0.1) is 11.8 Å². The van der Waals surface area contributed by atoms with E-state index in [9.17, 15) is 0 Å². The molecule has 0 N–H and O–H groups in total. The average Bonchev–Trinajstić information content (AvgIpc) is 2.01. The van der Waals surface area contributed by atoms with E-state index >= 15 is 0 Å². The first-order valence-electron chi connectivity index (χ1n) is 4.60. The van der Waals surface area contributed by atoms with Gasteiger partial charge in [0.25, 0.3) is 0 Å². The topological polar surface area (TPSA) is 0 Å². The maximum atomic E-state index is 3.81. The molecule has 1 heteroatoms. The summed E-state index contributed by atoms with van der Waals surface area (Å²) in [4.78, 5) is 2.58. The van der Waals surface area contributed by atoms with Crippen molar-refractivity contribution >= 4 is 11.8 Å². The third-order valence-corrected chi connectivity index (χ3v) is 2.11. The molecule has 0 saturated carbocycles. The largest absolute Gasteiger partial charge is 0.100 e. The van der Waals surface area contributed by atoms with Crippen LogP contribution in [0.2, 0.25) is 0 Å². The first-order chi connectivity index (χ1) is 5.62. The minimum Gasteiger partial charge on any atom is -0.100 e. The van der Waals surface area contributed by atoms with E-state index in [1.807, 2.05) is 6.92 Å². The second-order valence-electron chi connectivity index (χ2n) is 2.62. The number of rotatable bonds is 3. The Morgan fingerprint density at radius 3 is 1.83 bits per heavy atom. The molecule has 0 aliphatic rings. The molecule has 0 aliphatic carbocycles. The van der Waals surface area contributed by atoms with Crippen LogP contribution in [0.1, 0.15) is 47.5 Å². The predicted octanol–water partition coefficient (Wildman–Crippen LogP) is 4.98. The molecule has 0 bridgehead atoms. The Hall–Kier alpha value is -0.170. The van der Waals surface area contributed by atoms with Crippen LogP contribution >= 0.6 is 11.8 Å². The molecule has 0 fully saturated rings. The van der Waals surface area contributed by atoms with Crippen LogP contribution in [0.5, 0.6) is 0 Å². The zero-order chi connectivity index (χ0) is 9.98. The summed E-state index contributed by atoms with van der Waals surface area (Å²) in [7, 11) is 0. The van der Waals surface area contributed by atoms with Gasteiger partial charge in [-0.3, -0.25) is 0 Å². The van der Waals surface area contributed by atoms with Crippen LogP contribution in [-0.4, -0.2) is 0 Å². The number of hydrogen-bond acceptors (Lipinski definition) is 1. The summed E-state index contributed by atoms with van der Waals surface area (Å²) in [6.45, 7) is 14.3. The van der Waals surface area contributed by atoms with Crippen molar-refractivity contribution in [2.24, 2.45) is 0 Å². The van der Waals surface area contributed by atoms with Crippen LogP contribution in [0, 0.1) is 0 Å². The summed E-state index contributed by atoms with van der Waals surface area (Å²) in [5.74, 6) is 0. The van der Waals surface area contributed by atoms with E-state index in [0.29, 0.717) is 0 Å². The lowest BCUT2D eigenvalue weighted by atomic mass is 10.4. The van der Waals surface area contributed by atoms with E-state index < -0.39 is 0 Å². The highest BCUT2D eigenvalue weighted by Crippen LogP contribution is 2.25. The molecule has 0 aromatic heterocycles. The van der Waals surface area contributed by atoms with Crippen molar-refractivity contribution in [1.82, 2.24) is 0 Å². The third kappa shape index (κ3) is 12.5. The van der Waals surface area contributed by atoms with Gasteiger partial charge in [-0.1, -0.05) is 39.8 Å². The van der Waals surface area contributed by atoms with Crippen molar-refractivity contribution in [3.63, 3.8) is 0 Å². The molecule has 0 saturated heterocycles. The average molecular weight is 186 g/mol. The van der Waals surface area contributed by atoms with Crippen LogP contribution in [0.3, 0.4) is 0 Å². The van der Waals surface area contributed by atoms with Crippen molar-refractivity contribution in [2.75, 3.05) is 0 Å². The van der Waals surface area contributed by atoms with E-state index in [-0.39, 0.29) is 0 Å². The SMILES string of the molecule is C=C(C)S/C(=C\C)CC.CCC. The van der Waals surface area contributed by atoms with Crippen molar-refractivity contribution < 1.29 is 0 Å². The lowest BCUT2D eigenvalue weighted by molar-refractivity contribution is 1.09. The number of allylic oxidation sites excluding steroid dienone is 3. The number of thioether (sulfide) groups is 1. The molecule has 0 aliphatic heterocycles. The monoisotopic (exact) mass is 186 g/mol. The van der Waals surface area contributed by atoms with Gasteiger partial charge in [-0.05, 0) is 30.1 Å². The predicted molar refractivity (Wildman–Crippen MR) is 62.4 cm³/mol. The van der Waals surface area contributed by atoms with Gasteiger partial charge >= 0.3 is 0 Å². The van der Waals surface area contributed by atoms with Crippen LogP contribution in [0.15, 0.2) is 22.5 Å². The Balaban J connectivity index is 0. The van der Waals surface area contributed by atoms with E-state index in [0.717, 1.165) is 6.42 Å². The molecule has 0 aromatic rings. The van der Waals surface area contributed by atoms with Crippen molar-refractivity contribution in [2.45, 2.75) is 47.5 Å². The second kappa shape index (κ2) is 10.8. The van der Waals surface area contributed by atoms with E-state index in [4.69, 9.17) is 0 Å². The zero-order valence-electron chi connectivity index (χ0n) is 9.11. The van der Waals surface area contributed by atoms with Crippen molar-refractivity contribution in [3.05, 3.63) is 22.5 Å². The Labute approximate surface area is 82.1 Å². The summed E-state index contributed by atoms with van der Waals surface area (Å²) >= 11 is 1.77. The summed E-state index contributed by atoms with van der Waals surface area (Å²) < 4.78 is 0. The summed E-state index contributed by atoms with van der Waals surface area (Å²) in [5, 5.41) is 0. The van der Waals surface area contributed by atoms with Gasteiger partial charge < -0.3 is 0 Å². The first kappa shape index (κ1) is 14.4. The highest BCUT2D eigenvalue weighted by molar-refractivity contribution is 8.06. The zero-order valence-corrected chi connectivity index (χ0v) is 9.92. The molecule has 0 rings (SSSR count). The Bertz CT molecular complexity index is 134. The Kier molecular flexibility index (Phi) is 13.0. The van der Waals surface area contributed by atoms with Gasteiger partial charge in [0.2, 0.25) is 0 Å². The molecule has 0 nitrogen and oxygen atoms in total. The maximum absolute atomic E-state index is 3.81. The van der Waals surface area contributed by atoms with Gasteiger partial charge in [0.05, 0.1) is 0 Å². The first-order valence-corrected chi connectivity index (χ1v) is 5.42. The standard InChI is InChI=1S/C8H14S.C3H8/c1-5-8(6-2)9-7(3)4;1-3-2/h5H,3,6H2,1-2,4H3;3H2,1-2H3/b8-5-;. The third-order valence-electron chi connectivity index (χ3n) is 0.976. The summed E-state index contributed by atoms with van der Waals surface area (Å²) in [5.41, 5.74) is 0. The molecule has 0 unspecified atom stereocenters. The van der Waals surface area contributed by atoms with E-state index in [1.165, 1.54) is 16.2 Å². The molecule has 0 spiro atoms. The molecular weight excluding hydrogens is 164 g/mol. The fraction of sp³-hybridized carbons (Fsp3) is 0.636. The molecule has 72 valence electrons. The van der Waals surface area contributed by atoms with Crippen LogP contribution in [0.4, 0.5) is 0 Å². The highest BCUT2D eigenvalue weighted by atomic mass is 32.2. The highest BCUT2D eigenvalue weighted by Gasteiger charge is 1.91. The lowest BCUT2D eigenvalue weighted by Crippen LogP contribution is -1.70. The van der Waals surface area contributed by atoms with Crippen molar-refractivity contribution in [1.29, 1.82) is 0 Å². The Morgan fingerprint density at radius 2 is 1.75 bits per heavy atom. The molecule has 0 atom stereocenters. The van der Waals surface area contributed by atoms with Crippen LogP contribution in [0.25, 0.3) is 0 Å². The fourth-order valence-corrected chi connectivity index (χ4v) is 1.27. The minimum absolute atomic E-state index is 1.12. The van der Waals surface area contributed by atoms with E-state index in [2.05, 4.69) is 40.3 Å². The van der Waals surface area contributed by atoms with Crippen molar-refractivity contribution in [3.8, 4) is 0 Å². The molecule has 0 amide bonds. The summed E-state index contributed by atoms with van der Waals surface area (Å²) in [6, 6.07) is 0. The normalized spacial score (nSPS) is 10.2. The molecule has 0 radical (unpaired) electrons. The maximum Gasteiger partial charge on any atom is -0.0151 e. The molecule has 0 heterocycles. The van der Waals surface area contributed by atoms with E-state index in [1.54, 1.807) is 11.8 Å². The van der Waals surface area contributed by atoms with Crippen LogP contribution < -0.4 is 0 Å². The van der Waals surface area contributed by atoms with Gasteiger partial charge in [-0.25, -0.2) is 0 Å². The number of hydrogen-bond donors (Lipinski definition) is 0. The second-order valence-corrected chi connectivity index (χ2v) is 4.05. The molecule has 0 aromatic carbocycles. The van der Waals surface area contributed by atoms with Gasteiger partial charge in [0.15, 0.2) is 0 Å². The van der Waals surface area contributed by atoms with Gasteiger partial charge in [0, 0.05) is 0 Å². The fourth-order valence-electron chi connectivity index (χ4n) is 0.559. The van der Waals surface area contributed by atoms with Crippen LogP contribution in [-0.2, 0) is 0 Å².